The van der Waals surface area contributed by atoms with Crippen molar-refractivity contribution in [3.63, 3.8) is 0 Å². The third-order valence-corrected chi connectivity index (χ3v) is 7.39. The zero-order valence-electron chi connectivity index (χ0n) is 22.4. The molecule has 216 valence electrons. The minimum atomic E-state index is -4.82. The first-order valence-electron chi connectivity index (χ1n) is 13.4. The number of halogens is 3. The minimum Gasteiger partial charge on any atom is -0.463 e. The summed E-state index contributed by atoms with van der Waals surface area (Å²) in [5.74, 6) is 0.0966. The molecule has 11 nitrogen and oxygen atoms in total. The maximum atomic E-state index is 13.4. The van der Waals surface area contributed by atoms with Crippen LogP contribution in [0.1, 0.15) is 36.9 Å². The van der Waals surface area contributed by atoms with E-state index in [2.05, 4.69) is 35.3 Å². The van der Waals surface area contributed by atoms with Gasteiger partial charge in [0.1, 0.15) is 5.82 Å². The van der Waals surface area contributed by atoms with Gasteiger partial charge in [-0.05, 0) is 43.5 Å². The molecule has 14 heteroatoms. The largest absolute Gasteiger partial charge is 0.463 e. The second kappa shape index (κ2) is 10.6. The molecule has 0 radical (unpaired) electrons. The van der Waals surface area contributed by atoms with Gasteiger partial charge in [-0.25, -0.2) is 4.98 Å². The quantitative estimate of drug-likeness (QED) is 0.373. The second-order valence-electron chi connectivity index (χ2n) is 10.4. The fourth-order valence-electron chi connectivity index (χ4n) is 5.17. The van der Waals surface area contributed by atoms with Gasteiger partial charge >= 0.3 is 6.18 Å². The number of carbonyl (C=O) groups excluding carboxylic acids is 1. The van der Waals surface area contributed by atoms with Gasteiger partial charge in [0.25, 0.3) is 5.91 Å². The van der Waals surface area contributed by atoms with Crippen LogP contribution in [0, 0.1) is 0 Å². The fourth-order valence-corrected chi connectivity index (χ4v) is 5.17. The van der Waals surface area contributed by atoms with E-state index in [0.29, 0.717) is 29.9 Å². The lowest BCUT2D eigenvalue weighted by molar-refractivity contribution is -0.134. The van der Waals surface area contributed by atoms with E-state index in [4.69, 9.17) is 10.5 Å². The molecular weight excluding hydrogens is 539 g/mol. The lowest BCUT2D eigenvalue weighted by Crippen LogP contribution is -2.46. The van der Waals surface area contributed by atoms with Crippen molar-refractivity contribution in [3.8, 4) is 0 Å². The highest BCUT2D eigenvalue weighted by Gasteiger charge is 2.48. The molecule has 2 aromatic heterocycles. The molecule has 1 atom stereocenters. The molecule has 1 aromatic carbocycles. The van der Waals surface area contributed by atoms with Gasteiger partial charge in [0, 0.05) is 62.3 Å². The van der Waals surface area contributed by atoms with Crippen molar-refractivity contribution >= 4 is 29.2 Å². The molecule has 2 fully saturated rings. The lowest BCUT2D eigenvalue weighted by Gasteiger charge is -2.34. The predicted molar refractivity (Wildman–Crippen MR) is 145 cm³/mol. The highest BCUT2D eigenvalue weighted by atomic mass is 19.4. The molecule has 1 unspecified atom stereocenters. The number of carbonyl (C=O) groups is 1. The number of nitrogens with zero attached hydrogens (tertiary/aromatic N) is 6. The highest BCUT2D eigenvalue weighted by molar-refractivity contribution is 5.97. The summed E-state index contributed by atoms with van der Waals surface area (Å²) >= 11 is 0. The first kappa shape index (κ1) is 26.9. The summed E-state index contributed by atoms with van der Waals surface area (Å²) < 4.78 is 45.1. The van der Waals surface area contributed by atoms with Crippen LogP contribution in [-0.4, -0.2) is 69.6 Å². The minimum absolute atomic E-state index is 0.392. The Morgan fingerprint density at radius 3 is 2.51 bits per heavy atom. The Bertz CT molecular complexity index is 1440. The van der Waals surface area contributed by atoms with Gasteiger partial charge < -0.3 is 20.7 Å². The third kappa shape index (κ3) is 5.78. The normalized spacial score (nSPS) is 20.0. The average Bonchev–Trinajstić information content (AvgIpc) is 3.58. The van der Waals surface area contributed by atoms with Crippen molar-refractivity contribution in [2.24, 2.45) is 5.73 Å². The van der Waals surface area contributed by atoms with Gasteiger partial charge in [0.05, 0.1) is 0 Å². The molecule has 4 heterocycles. The van der Waals surface area contributed by atoms with Crippen molar-refractivity contribution in [2.45, 2.75) is 44.6 Å². The number of anilines is 4. The van der Waals surface area contributed by atoms with E-state index >= 15 is 0 Å². The molecule has 0 spiro atoms. The number of piperazine rings is 1. The number of alkyl halides is 3. The molecule has 3 aromatic rings. The smallest absolute Gasteiger partial charge is 0.451 e. The van der Waals surface area contributed by atoms with Crippen LogP contribution in [0.15, 0.2) is 54.1 Å². The SMILES string of the molecule is CC1OC(C(F)(F)F)=C(C(N)=O)N1c1ccc(CN2CCN(c3nccc(Nc4cc(C5CC5)[nH]n4)n3)CC2)cc1. The summed E-state index contributed by atoms with van der Waals surface area (Å²) in [5, 5.41) is 10.7. The number of hydrogen-bond acceptors (Lipinski definition) is 9. The van der Waals surface area contributed by atoms with Crippen molar-refractivity contribution in [1.82, 2.24) is 25.1 Å². The van der Waals surface area contributed by atoms with Crippen molar-refractivity contribution in [2.75, 3.05) is 41.3 Å². The molecule has 2 aliphatic heterocycles. The maximum Gasteiger partial charge on any atom is 0.451 e. The number of benzene rings is 1. The summed E-state index contributed by atoms with van der Waals surface area (Å²) in [4.78, 5) is 26.6. The maximum absolute atomic E-state index is 13.4. The molecule has 1 saturated heterocycles. The number of primary amides is 1. The molecule has 6 rings (SSSR count). The number of H-pyrrole nitrogens is 1. The van der Waals surface area contributed by atoms with Gasteiger partial charge in [0.15, 0.2) is 17.7 Å². The summed E-state index contributed by atoms with van der Waals surface area (Å²) in [5.41, 5.74) is 7.13. The Labute approximate surface area is 234 Å². The first-order chi connectivity index (χ1) is 19.7. The van der Waals surface area contributed by atoms with E-state index in [0.717, 1.165) is 43.3 Å². The number of aromatic amines is 1. The van der Waals surface area contributed by atoms with Gasteiger partial charge in [-0.15, -0.1) is 0 Å². The number of hydrogen-bond donors (Lipinski definition) is 3. The average molecular weight is 570 g/mol. The Balaban J connectivity index is 1.05. The van der Waals surface area contributed by atoms with Crippen molar-refractivity contribution in [3.05, 3.63) is 65.3 Å². The Kier molecular flexibility index (Phi) is 6.93. The molecule has 1 aliphatic carbocycles. The van der Waals surface area contributed by atoms with Crippen LogP contribution in [0.4, 0.5) is 36.4 Å². The van der Waals surface area contributed by atoms with Gasteiger partial charge in [-0.3, -0.25) is 19.7 Å². The zero-order chi connectivity index (χ0) is 28.7. The van der Waals surface area contributed by atoms with Crippen molar-refractivity contribution in [1.29, 1.82) is 0 Å². The van der Waals surface area contributed by atoms with Crippen molar-refractivity contribution < 1.29 is 22.7 Å². The molecule has 0 bridgehead atoms. The molecule has 41 heavy (non-hydrogen) atoms. The van der Waals surface area contributed by atoms with Crippen LogP contribution in [0.3, 0.4) is 0 Å². The van der Waals surface area contributed by atoms with Gasteiger partial charge in [-0.2, -0.15) is 23.3 Å². The third-order valence-electron chi connectivity index (χ3n) is 7.39. The number of ether oxygens (including phenoxy) is 1. The van der Waals surface area contributed by atoms with Crippen LogP contribution in [0.5, 0.6) is 0 Å². The second-order valence-corrected chi connectivity index (χ2v) is 10.4. The molecule has 4 N–H and O–H groups in total. The van der Waals surface area contributed by atoms with Crippen LogP contribution < -0.4 is 20.9 Å². The summed E-state index contributed by atoms with van der Waals surface area (Å²) in [6.07, 6.45) is -1.71. The summed E-state index contributed by atoms with van der Waals surface area (Å²) in [6, 6.07) is 10.9. The Hall–Kier alpha value is -4.33. The number of amides is 1. The topological polar surface area (TPSA) is 129 Å². The molecule has 1 saturated carbocycles. The van der Waals surface area contributed by atoms with Gasteiger partial charge in [-0.1, -0.05) is 12.1 Å². The van der Waals surface area contributed by atoms with E-state index < -0.39 is 29.8 Å². The molecular formula is C27H30F3N9O2. The first-order valence-corrected chi connectivity index (χ1v) is 13.4. The van der Waals surface area contributed by atoms with Gasteiger partial charge in [0.2, 0.25) is 11.7 Å². The number of allylic oxidation sites excluding steroid dienone is 1. The summed E-state index contributed by atoms with van der Waals surface area (Å²) in [6.45, 7) is 5.15. The predicted octanol–water partition coefficient (Wildman–Crippen LogP) is 3.58. The van der Waals surface area contributed by atoms with E-state index in [-0.39, 0.29) is 0 Å². The Morgan fingerprint density at radius 2 is 1.85 bits per heavy atom. The fraction of sp³-hybridized carbons (Fsp3) is 0.407. The van der Waals surface area contributed by atoms with E-state index in [1.54, 1.807) is 18.3 Å². The standard InChI is InChI=1S/C27H30F3N9O2/c1-16-39(23(25(31)40)24(41-16)27(28,29)30)19-6-2-17(3-7-19)15-37-10-12-38(13-11-37)26-32-9-8-21(34-26)33-22-14-20(35-36-22)18-4-5-18/h2-3,6-9,14,16,18H,4-5,10-13,15H2,1H3,(H2,31,40)(H2,32,33,34,35,36). The van der Waals surface area contributed by atoms with E-state index in [9.17, 15) is 18.0 Å². The van der Waals surface area contributed by atoms with Crippen LogP contribution in [0.2, 0.25) is 0 Å². The number of nitrogens with one attached hydrogen (secondary N) is 2. The monoisotopic (exact) mass is 569 g/mol. The summed E-state index contributed by atoms with van der Waals surface area (Å²) in [7, 11) is 0. The van der Waals surface area contributed by atoms with E-state index in [1.165, 1.54) is 24.7 Å². The van der Waals surface area contributed by atoms with E-state index in [1.807, 2.05) is 24.3 Å². The zero-order valence-corrected chi connectivity index (χ0v) is 22.4. The Morgan fingerprint density at radius 1 is 1.12 bits per heavy atom. The molecule has 3 aliphatic rings. The van der Waals surface area contributed by atoms with Crippen LogP contribution in [0.25, 0.3) is 0 Å². The lowest BCUT2D eigenvalue weighted by atomic mass is 10.1. The van der Waals surface area contributed by atoms with Crippen LogP contribution in [-0.2, 0) is 16.1 Å². The van der Waals surface area contributed by atoms with Crippen LogP contribution >= 0.6 is 0 Å². The number of aromatic nitrogens is 4. The highest BCUT2D eigenvalue weighted by Crippen LogP contribution is 2.40. The number of rotatable bonds is 8. The molecule has 1 amide bonds. The number of nitrogens with two attached hydrogens (primary N) is 1.